The molecule has 0 saturated carbocycles. The molecule has 154 valence electrons. The fourth-order valence-electron chi connectivity index (χ4n) is 3.70. The fraction of sp³-hybridized carbons (Fsp3) is 0.280. The highest BCUT2D eigenvalue weighted by Gasteiger charge is 2.15. The summed E-state index contributed by atoms with van der Waals surface area (Å²) in [5.41, 5.74) is 4.72. The third-order valence-electron chi connectivity index (χ3n) is 5.29. The van der Waals surface area contributed by atoms with Gasteiger partial charge in [-0.25, -0.2) is 4.98 Å². The zero-order valence-corrected chi connectivity index (χ0v) is 17.9. The molecule has 0 spiro atoms. The molecule has 0 amide bonds. The number of hydrogen-bond donors (Lipinski definition) is 2. The molecule has 2 aromatic carbocycles. The standard InChI is InChI=1S/C25H29N5/c1-18(2)30(17-20-9-5-4-6-10-20)25-28-19(3)15-24(29-25)26-14-13-21-16-27-23-12-8-7-11-22(21)23/h4-12,15-16,18,27H,13-14,17H2,1-3H3,(H,26,28,29). The number of para-hydroxylation sites is 1. The molecule has 5 heteroatoms. The second-order valence-electron chi connectivity index (χ2n) is 7.94. The van der Waals surface area contributed by atoms with Crippen molar-refractivity contribution in [2.24, 2.45) is 0 Å². The van der Waals surface area contributed by atoms with Crippen LogP contribution in [0.15, 0.2) is 66.9 Å². The molecule has 0 aliphatic carbocycles. The number of rotatable bonds is 8. The highest BCUT2D eigenvalue weighted by molar-refractivity contribution is 5.83. The van der Waals surface area contributed by atoms with E-state index in [0.29, 0.717) is 6.04 Å². The number of H-pyrrole nitrogens is 1. The zero-order chi connectivity index (χ0) is 20.9. The van der Waals surface area contributed by atoms with Gasteiger partial charge in [0, 0.05) is 48.0 Å². The van der Waals surface area contributed by atoms with Gasteiger partial charge in [-0.15, -0.1) is 0 Å². The predicted octanol–water partition coefficient (Wildman–Crippen LogP) is 5.34. The van der Waals surface area contributed by atoms with Gasteiger partial charge in [0.2, 0.25) is 5.95 Å². The van der Waals surface area contributed by atoms with Crippen LogP contribution < -0.4 is 10.2 Å². The number of nitrogens with one attached hydrogen (secondary N) is 2. The van der Waals surface area contributed by atoms with Crippen molar-refractivity contribution >= 4 is 22.7 Å². The molecule has 0 bridgehead atoms. The Morgan fingerprint density at radius 2 is 1.77 bits per heavy atom. The molecule has 2 aromatic heterocycles. The molecular formula is C25H29N5. The number of aryl methyl sites for hydroxylation is 1. The van der Waals surface area contributed by atoms with Crippen molar-refractivity contribution in [3.05, 3.63) is 83.7 Å². The molecule has 5 nitrogen and oxygen atoms in total. The minimum Gasteiger partial charge on any atom is -0.370 e. The lowest BCUT2D eigenvalue weighted by molar-refractivity contribution is 0.659. The average molecular weight is 400 g/mol. The quantitative estimate of drug-likeness (QED) is 0.420. The van der Waals surface area contributed by atoms with E-state index in [1.165, 1.54) is 22.0 Å². The number of anilines is 2. The van der Waals surface area contributed by atoms with Crippen molar-refractivity contribution in [1.82, 2.24) is 15.0 Å². The normalized spacial score (nSPS) is 11.2. The van der Waals surface area contributed by atoms with Crippen LogP contribution in [0.3, 0.4) is 0 Å². The highest BCUT2D eigenvalue weighted by Crippen LogP contribution is 2.20. The van der Waals surface area contributed by atoms with Gasteiger partial charge in [0.25, 0.3) is 0 Å². The van der Waals surface area contributed by atoms with E-state index in [2.05, 4.69) is 83.8 Å². The average Bonchev–Trinajstić information content (AvgIpc) is 3.15. The maximum atomic E-state index is 4.83. The van der Waals surface area contributed by atoms with Crippen molar-refractivity contribution < 1.29 is 0 Å². The van der Waals surface area contributed by atoms with E-state index < -0.39 is 0 Å². The molecule has 4 aromatic rings. The van der Waals surface area contributed by atoms with E-state index in [-0.39, 0.29) is 0 Å². The first-order valence-electron chi connectivity index (χ1n) is 10.6. The minimum absolute atomic E-state index is 0.297. The minimum atomic E-state index is 0.297. The summed E-state index contributed by atoms with van der Waals surface area (Å²) in [4.78, 5) is 15.1. The summed E-state index contributed by atoms with van der Waals surface area (Å²) in [5, 5.41) is 4.78. The first kappa shape index (κ1) is 20.0. The maximum absolute atomic E-state index is 4.83. The Hall–Kier alpha value is -3.34. The largest absolute Gasteiger partial charge is 0.370 e. The summed E-state index contributed by atoms with van der Waals surface area (Å²) in [6.45, 7) is 7.99. The van der Waals surface area contributed by atoms with E-state index in [1.54, 1.807) is 0 Å². The summed E-state index contributed by atoms with van der Waals surface area (Å²) < 4.78 is 0. The molecule has 2 heterocycles. The van der Waals surface area contributed by atoms with E-state index in [1.807, 2.05) is 19.1 Å². The van der Waals surface area contributed by atoms with E-state index >= 15 is 0 Å². The summed E-state index contributed by atoms with van der Waals surface area (Å²) in [6.07, 6.45) is 3.03. The van der Waals surface area contributed by atoms with Gasteiger partial charge in [-0.2, -0.15) is 4.98 Å². The first-order chi connectivity index (χ1) is 14.6. The highest BCUT2D eigenvalue weighted by atomic mass is 15.3. The molecule has 0 unspecified atom stereocenters. The second kappa shape index (κ2) is 8.99. The van der Waals surface area contributed by atoms with Crippen LogP contribution in [-0.2, 0) is 13.0 Å². The fourth-order valence-corrected chi connectivity index (χ4v) is 3.70. The number of hydrogen-bond acceptors (Lipinski definition) is 4. The van der Waals surface area contributed by atoms with Crippen molar-refractivity contribution in [3.63, 3.8) is 0 Å². The summed E-state index contributed by atoms with van der Waals surface area (Å²) >= 11 is 0. The van der Waals surface area contributed by atoms with Crippen LogP contribution in [-0.4, -0.2) is 27.5 Å². The van der Waals surface area contributed by atoms with Crippen LogP contribution in [0, 0.1) is 6.92 Å². The lowest BCUT2D eigenvalue weighted by atomic mass is 10.1. The van der Waals surface area contributed by atoms with Gasteiger partial charge >= 0.3 is 0 Å². The smallest absolute Gasteiger partial charge is 0.228 e. The Labute approximate surface area is 178 Å². The molecule has 0 radical (unpaired) electrons. The van der Waals surface area contributed by atoms with Gasteiger partial charge in [-0.1, -0.05) is 48.5 Å². The maximum Gasteiger partial charge on any atom is 0.228 e. The third kappa shape index (κ3) is 4.62. The van der Waals surface area contributed by atoms with E-state index in [0.717, 1.165) is 37.0 Å². The Morgan fingerprint density at radius 1 is 1.00 bits per heavy atom. The summed E-state index contributed by atoms with van der Waals surface area (Å²) in [5.74, 6) is 1.64. The van der Waals surface area contributed by atoms with Crippen LogP contribution >= 0.6 is 0 Å². The molecule has 2 N–H and O–H groups in total. The first-order valence-corrected chi connectivity index (χ1v) is 10.6. The molecule has 0 fully saturated rings. The number of aromatic nitrogens is 3. The third-order valence-corrected chi connectivity index (χ3v) is 5.29. The van der Waals surface area contributed by atoms with Crippen molar-refractivity contribution in [2.45, 2.75) is 39.8 Å². The lowest BCUT2D eigenvalue weighted by Crippen LogP contribution is -2.32. The van der Waals surface area contributed by atoms with Crippen LogP contribution in [0.25, 0.3) is 10.9 Å². The van der Waals surface area contributed by atoms with Gasteiger partial charge in [-0.05, 0) is 44.4 Å². The number of nitrogens with zero attached hydrogens (tertiary/aromatic N) is 3. The summed E-state index contributed by atoms with van der Waals surface area (Å²) in [6, 6.07) is 21.2. The van der Waals surface area contributed by atoms with Crippen LogP contribution in [0.2, 0.25) is 0 Å². The monoisotopic (exact) mass is 399 g/mol. The van der Waals surface area contributed by atoms with Crippen LogP contribution in [0.4, 0.5) is 11.8 Å². The Kier molecular flexibility index (Phi) is 5.98. The van der Waals surface area contributed by atoms with Crippen LogP contribution in [0.5, 0.6) is 0 Å². The van der Waals surface area contributed by atoms with Gasteiger partial charge in [0.05, 0.1) is 0 Å². The number of aromatic amines is 1. The number of fused-ring (bicyclic) bond motifs is 1. The molecule has 0 aliphatic rings. The van der Waals surface area contributed by atoms with Gasteiger partial charge in [-0.3, -0.25) is 0 Å². The summed E-state index contributed by atoms with van der Waals surface area (Å²) in [7, 11) is 0. The van der Waals surface area contributed by atoms with Gasteiger partial charge < -0.3 is 15.2 Å². The molecular weight excluding hydrogens is 370 g/mol. The van der Waals surface area contributed by atoms with E-state index in [4.69, 9.17) is 9.97 Å². The Balaban J connectivity index is 1.47. The Morgan fingerprint density at radius 3 is 2.57 bits per heavy atom. The van der Waals surface area contributed by atoms with Crippen molar-refractivity contribution in [1.29, 1.82) is 0 Å². The zero-order valence-electron chi connectivity index (χ0n) is 17.9. The van der Waals surface area contributed by atoms with Crippen LogP contribution in [0.1, 0.15) is 30.7 Å². The SMILES string of the molecule is Cc1cc(NCCc2c[nH]c3ccccc23)nc(N(Cc2ccccc2)C(C)C)n1. The van der Waals surface area contributed by atoms with Crippen molar-refractivity contribution in [2.75, 3.05) is 16.8 Å². The predicted molar refractivity (Wildman–Crippen MR) is 125 cm³/mol. The molecule has 0 atom stereocenters. The topological polar surface area (TPSA) is 56.8 Å². The molecule has 0 aliphatic heterocycles. The molecule has 0 saturated heterocycles. The second-order valence-corrected chi connectivity index (χ2v) is 7.94. The van der Waals surface area contributed by atoms with Gasteiger partial charge in [0.1, 0.15) is 5.82 Å². The van der Waals surface area contributed by atoms with E-state index in [9.17, 15) is 0 Å². The molecule has 30 heavy (non-hydrogen) atoms. The number of benzene rings is 2. The molecule has 4 rings (SSSR count). The lowest BCUT2D eigenvalue weighted by Gasteiger charge is -2.27. The Bertz CT molecular complexity index is 1100. The van der Waals surface area contributed by atoms with Gasteiger partial charge in [0.15, 0.2) is 0 Å². The van der Waals surface area contributed by atoms with Crippen molar-refractivity contribution in [3.8, 4) is 0 Å².